The van der Waals surface area contributed by atoms with Crippen LogP contribution in [0.4, 0.5) is 0 Å². The third kappa shape index (κ3) is 5.14. The van der Waals surface area contributed by atoms with Crippen LogP contribution in [-0.2, 0) is 4.12 Å². The van der Waals surface area contributed by atoms with Crippen LogP contribution in [0, 0.1) is 0 Å². The van der Waals surface area contributed by atoms with Crippen molar-refractivity contribution in [1.29, 1.82) is 0 Å². The fourth-order valence-corrected chi connectivity index (χ4v) is 17.2. The summed E-state index contributed by atoms with van der Waals surface area (Å²) in [6.45, 7) is 11.2. The Morgan fingerprint density at radius 3 is 1.61 bits per heavy atom. The van der Waals surface area contributed by atoms with E-state index in [1.54, 1.807) is 0 Å². The van der Waals surface area contributed by atoms with Crippen molar-refractivity contribution in [2.24, 2.45) is 0 Å². The van der Waals surface area contributed by atoms with Crippen molar-refractivity contribution in [3.05, 3.63) is 60.7 Å². The minimum absolute atomic E-state index is 1.12. The molecule has 0 aliphatic rings. The van der Waals surface area contributed by atoms with Crippen LogP contribution in [0.3, 0.4) is 0 Å². The van der Waals surface area contributed by atoms with Gasteiger partial charge in [0.1, 0.15) is 8.24 Å². The van der Waals surface area contributed by atoms with Crippen LogP contribution in [0.1, 0.15) is 0 Å². The van der Waals surface area contributed by atoms with Gasteiger partial charge in [-0.05, 0) is 23.5 Å². The maximum absolute atomic E-state index is 6.95. The Kier molecular flexibility index (Phi) is 5.71. The van der Waals surface area contributed by atoms with Gasteiger partial charge in [0.15, 0.2) is 0 Å². The number of benzene rings is 2. The lowest BCUT2D eigenvalue weighted by atomic mass is 10.4. The van der Waals surface area contributed by atoms with Crippen LogP contribution in [-0.4, -0.2) is 24.3 Å². The lowest BCUT2D eigenvalue weighted by Crippen LogP contribution is -2.71. The van der Waals surface area contributed by atoms with Gasteiger partial charge >= 0.3 is 7.63 Å². The van der Waals surface area contributed by atoms with Crippen molar-refractivity contribution < 1.29 is 4.12 Å². The number of hydrogen-bond acceptors (Lipinski definition) is 2. The molecule has 1 N–H and O–H groups in total. The summed E-state index contributed by atoms with van der Waals surface area (Å²) in [7, 11) is -6.37. The van der Waals surface area contributed by atoms with E-state index < -0.39 is 24.3 Å². The van der Waals surface area contributed by atoms with E-state index >= 15 is 0 Å². The molecule has 0 heterocycles. The summed E-state index contributed by atoms with van der Waals surface area (Å²) in [5, 5.41) is 2.37. The predicted octanol–water partition coefficient (Wildman–Crippen LogP) is 3.62. The molecule has 0 radical (unpaired) electrons. The van der Waals surface area contributed by atoms with E-state index in [9.17, 15) is 0 Å². The highest BCUT2D eigenvalue weighted by atomic mass is 35.6. The second-order valence-electron chi connectivity index (χ2n) is 7.16. The van der Waals surface area contributed by atoms with Gasteiger partial charge in [0.05, 0.1) is 0 Å². The second-order valence-corrected chi connectivity index (χ2v) is 20.7. The summed E-state index contributed by atoms with van der Waals surface area (Å²) in [6, 6.07) is 20.7. The summed E-state index contributed by atoms with van der Waals surface area (Å²) >= 11 is 6.95. The van der Waals surface area contributed by atoms with E-state index in [1.165, 1.54) is 5.19 Å². The summed E-state index contributed by atoms with van der Waals surface area (Å²) in [5.41, 5.74) is 0. The van der Waals surface area contributed by atoms with Crippen molar-refractivity contribution in [1.82, 2.24) is 4.65 Å². The van der Waals surface area contributed by atoms with Crippen molar-refractivity contribution in [3.63, 3.8) is 0 Å². The SMILES string of the molecule is C[Si](C)(C)N[Si](C)(O[Si](C)(Cl)c1ccccc1)c1ccccc1. The molecule has 0 amide bonds. The minimum Gasteiger partial charge on any atom is -0.427 e. The van der Waals surface area contributed by atoms with Crippen LogP contribution in [0.2, 0.25) is 32.7 Å². The van der Waals surface area contributed by atoms with Gasteiger partial charge in [0, 0.05) is 0 Å². The smallest absolute Gasteiger partial charge is 0.310 e. The second kappa shape index (κ2) is 7.04. The first-order valence-corrected chi connectivity index (χ1v) is 17.2. The molecule has 124 valence electrons. The van der Waals surface area contributed by atoms with E-state index in [1.807, 2.05) is 24.3 Å². The molecule has 2 aromatic carbocycles. The molecule has 2 atom stereocenters. The Balaban J connectivity index is 2.39. The molecule has 2 nitrogen and oxygen atoms in total. The van der Waals surface area contributed by atoms with Crippen molar-refractivity contribution in [2.45, 2.75) is 32.7 Å². The molecular weight excluding hydrogens is 354 g/mol. The highest BCUT2D eigenvalue weighted by molar-refractivity contribution is 7.26. The first kappa shape index (κ1) is 18.6. The van der Waals surface area contributed by atoms with E-state index in [0.717, 1.165) is 5.19 Å². The minimum atomic E-state index is -2.50. The van der Waals surface area contributed by atoms with Crippen LogP contribution in [0.25, 0.3) is 0 Å². The van der Waals surface area contributed by atoms with E-state index in [0.29, 0.717) is 0 Å². The zero-order valence-corrected chi connectivity index (χ0v) is 18.3. The van der Waals surface area contributed by atoms with Gasteiger partial charge in [0.25, 0.3) is 8.48 Å². The van der Waals surface area contributed by atoms with Crippen LogP contribution >= 0.6 is 11.1 Å². The Morgan fingerprint density at radius 2 is 1.17 bits per heavy atom. The maximum atomic E-state index is 6.95. The first-order chi connectivity index (χ1) is 10.6. The zero-order valence-electron chi connectivity index (χ0n) is 14.6. The maximum Gasteiger partial charge on any atom is 0.310 e. The van der Waals surface area contributed by atoms with Gasteiger partial charge in [0.2, 0.25) is 0 Å². The van der Waals surface area contributed by atoms with Gasteiger partial charge in [-0.25, -0.2) is 0 Å². The van der Waals surface area contributed by atoms with Gasteiger partial charge in [-0.1, -0.05) is 80.3 Å². The molecule has 0 bridgehead atoms. The average Bonchev–Trinajstić information content (AvgIpc) is 2.46. The van der Waals surface area contributed by atoms with Gasteiger partial charge < -0.3 is 8.76 Å². The molecule has 0 spiro atoms. The third-order valence-corrected chi connectivity index (χ3v) is 15.8. The fraction of sp³-hybridized carbons (Fsp3) is 0.294. The first-order valence-electron chi connectivity index (χ1n) is 7.92. The van der Waals surface area contributed by atoms with Crippen LogP contribution in [0.5, 0.6) is 0 Å². The Bertz CT molecular complexity index is 631. The predicted molar refractivity (Wildman–Crippen MR) is 109 cm³/mol. The number of nitrogens with one attached hydrogen (secondary N) is 1. The highest BCUT2D eigenvalue weighted by Gasteiger charge is 2.44. The van der Waals surface area contributed by atoms with Gasteiger partial charge in [-0.2, -0.15) is 0 Å². The zero-order chi connectivity index (χ0) is 17.1. The molecule has 0 aliphatic heterocycles. The summed E-state index contributed by atoms with van der Waals surface area (Å²) in [4.78, 5) is 0. The molecule has 0 aromatic heterocycles. The number of halogens is 1. The molecular formula is C17H26ClNOSi3. The summed E-state index contributed by atoms with van der Waals surface area (Å²) < 4.78 is 10.6. The number of rotatable bonds is 6. The monoisotopic (exact) mass is 379 g/mol. The molecule has 0 saturated carbocycles. The highest BCUT2D eigenvalue weighted by Crippen LogP contribution is 2.19. The molecule has 6 heteroatoms. The van der Waals surface area contributed by atoms with Crippen LogP contribution < -0.4 is 15.0 Å². The Morgan fingerprint density at radius 1 is 0.739 bits per heavy atom. The average molecular weight is 380 g/mol. The molecule has 23 heavy (non-hydrogen) atoms. The van der Waals surface area contributed by atoms with E-state index in [4.69, 9.17) is 15.2 Å². The standard InChI is InChI=1S/C17H26ClNOSi3/c1-21(2,3)19-23(5,17-14-10-7-11-15-17)20-22(4,18)16-12-8-6-9-13-16/h6-15,19H,1-5H3. The van der Waals surface area contributed by atoms with Gasteiger partial charge in [-0.15, -0.1) is 11.1 Å². The molecule has 2 rings (SSSR count). The largest absolute Gasteiger partial charge is 0.427 e. The lowest BCUT2D eigenvalue weighted by molar-refractivity contribution is 0.571. The van der Waals surface area contributed by atoms with Crippen LogP contribution in [0.15, 0.2) is 60.7 Å². The molecule has 0 aliphatic carbocycles. The topological polar surface area (TPSA) is 21.3 Å². The van der Waals surface area contributed by atoms with Crippen molar-refractivity contribution in [3.8, 4) is 0 Å². The molecule has 0 saturated heterocycles. The Labute approximate surface area is 148 Å². The quantitative estimate of drug-likeness (QED) is 0.611. The summed E-state index contributed by atoms with van der Waals surface area (Å²) in [6.07, 6.45) is 0. The van der Waals surface area contributed by atoms with Crippen molar-refractivity contribution >= 4 is 45.8 Å². The summed E-state index contributed by atoms with van der Waals surface area (Å²) in [5.74, 6) is 0. The van der Waals surface area contributed by atoms with Gasteiger partial charge in [-0.3, -0.25) is 0 Å². The van der Waals surface area contributed by atoms with Crippen molar-refractivity contribution in [2.75, 3.05) is 0 Å². The lowest BCUT2D eigenvalue weighted by Gasteiger charge is -2.39. The molecule has 2 unspecified atom stereocenters. The Hall–Kier alpha value is -0.699. The fourth-order valence-electron chi connectivity index (χ4n) is 2.81. The number of hydrogen-bond donors (Lipinski definition) is 1. The third-order valence-electron chi connectivity index (χ3n) is 3.62. The normalized spacial score (nSPS) is 17.3. The van der Waals surface area contributed by atoms with E-state index in [-0.39, 0.29) is 0 Å². The molecule has 0 fully saturated rings. The van der Waals surface area contributed by atoms with E-state index in [2.05, 4.69) is 73.8 Å². The molecule has 2 aromatic rings.